The largest absolute Gasteiger partial charge is 0.497 e. The Balaban J connectivity index is 1.35. The number of nitrogens with zero attached hydrogens (tertiary/aromatic N) is 4. The van der Waals surface area contributed by atoms with Gasteiger partial charge in [0, 0.05) is 19.4 Å². The molecule has 3 aliphatic heterocycles. The van der Waals surface area contributed by atoms with Crippen molar-refractivity contribution in [2.45, 2.75) is 49.4 Å². The number of thioether (sulfide) groups is 1. The Labute approximate surface area is 219 Å². The van der Waals surface area contributed by atoms with E-state index in [2.05, 4.69) is 4.99 Å². The molecular formula is C27H28N4O5S. The number of rotatable bonds is 6. The van der Waals surface area contributed by atoms with Gasteiger partial charge in [-0.3, -0.25) is 9.59 Å². The molecule has 9 nitrogen and oxygen atoms in total. The number of carboxylic acid groups (broad SMARTS) is 1. The van der Waals surface area contributed by atoms with Crippen molar-refractivity contribution in [2.75, 3.05) is 13.7 Å². The van der Waals surface area contributed by atoms with Gasteiger partial charge in [0.25, 0.3) is 5.91 Å². The van der Waals surface area contributed by atoms with Crippen molar-refractivity contribution in [3.05, 3.63) is 65.7 Å². The van der Waals surface area contributed by atoms with Crippen LogP contribution in [0.2, 0.25) is 0 Å². The molecule has 3 aliphatic rings. The Kier molecular flexibility index (Phi) is 7.27. The zero-order chi connectivity index (χ0) is 25.9. The van der Waals surface area contributed by atoms with Crippen molar-refractivity contribution in [1.29, 1.82) is 0 Å². The number of amidine groups is 1. The molecule has 0 aromatic heterocycles. The number of hydrogen-bond acceptors (Lipinski definition) is 7. The first-order valence-corrected chi connectivity index (χ1v) is 13.2. The maximum atomic E-state index is 13.0. The van der Waals surface area contributed by atoms with Crippen LogP contribution >= 0.6 is 11.8 Å². The van der Waals surface area contributed by atoms with E-state index < -0.39 is 23.2 Å². The number of hydrogen-bond donors (Lipinski definition) is 1. The maximum absolute atomic E-state index is 13.0. The molecular weight excluding hydrogens is 492 g/mol. The Morgan fingerprint density at radius 1 is 1.11 bits per heavy atom. The van der Waals surface area contributed by atoms with Crippen molar-refractivity contribution >= 4 is 40.4 Å². The van der Waals surface area contributed by atoms with Crippen molar-refractivity contribution in [2.24, 2.45) is 10.1 Å². The van der Waals surface area contributed by atoms with Crippen LogP contribution in [0.4, 0.5) is 0 Å². The molecule has 2 aromatic carbocycles. The first kappa shape index (κ1) is 25.0. The number of benzene rings is 2. The Morgan fingerprint density at radius 3 is 2.57 bits per heavy atom. The maximum Gasteiger partial charge on any atom is 0.326 e. The summed E-state index contributed by atoms with van der Waals surface area (Å²) < 4.78 is 5.27. The number of hydrazone groups is 1. The number of carboxylic acids is 1. The van der Waals surface area contributed by atoms with E-state index in [4.69, 9.17) is 9.84 Å². The van der Waals surface area contributed by atoms with Gasteiger partial charge in [0.1, 0.15) is 17.0 Å². The van der Waals surface area contributed by atoms with Gasteiger partial charge in [-0.25, -0.2) is 9.80 Å². The van der Waals surface area contributed by atoms with Crippen LogP contribution in [0.3, 0.4) is 0 Å². The highest BCUT2D eigenvalue weighted by atomic mass is 32.2. The van der Waals surface area contributed by atoms with E-state index in [1.807, 2.05) is 54.6 Å². The van der Waals surface area contributed by atoms with Crippen LogP contribution in [0.25, 0.3) is 0 Å². The highest BCUT2D eigenvalue weighted by Gasteiger charge is 2.41. The number of aliphatic imine (C=N–C) groups is 1. The molecule has 3 heterocycles. The molecule has 0 saturated carbocycles. The molecule has 1 saturated heterocycles. The molecule has 2 aromatic rings. The Hall–Kier alpha value is -3.66. The van der Waals surface area contributed by atoms with E-state index in [9.17, 15) is 19.5 Å². The number of piperidine rings is 1. The molecule has 3 atom stereocenters. The summed E-state index contributed by atoms with van der Waals surface area (Å²) in [6.07, 6.45) is 2.51. The quantitative estimate of drug-likeness (QED) is 0.618. The van der Waals surface area contributed by atoms with Crippen LogP contribution in [0.1, 0.15) is 49.3 Å². The van der Waals surface area contributed by atoms with Gasteiger partial charge in [0.15, 0.2) is 5.17 Å². The molecule has 5 rings (SSSR count). The van der Waals surface area contributed by atoms with Crippen molar-refractivity contribution in [1.82, 2.24) is 9.91 Å². The molecule has 37 heavy (non-hydrogen) atoms. The number of carbonyl (C=O) groups excluding carboxylic acids is 2. The van der Waals surface area contributed by atoms with E-state index in [1.165, 1.54) is 16.7 Å². The molecule has 10 heteroatoms. The number of amides is 2. The second-order valence-electron chi connectivity index (χ2n) is 9.23. The van der Waals surface area contributed by atoms with E-state index in [1.54, 1.807) is 12.1 Å². The predicted molar refractivity (Wildman–Crippen MR) is 141 cm³/mol. The van der Waals surface area contributed by atoms with Crippen LogP contribution < -0.4 is 4.74 Å². The third-order valence-electron chi connectivity index (χ3n) is 6.91. The number of likely N-dealkylation sites (tertiary alicyclic amines) is 1. The van der Waals surface area contributed by atoms with Crippen LogP contribution in [0, 0.1) is 0 Å². The number of ether oxygens (including phenoxy) is 1. The number of carbonyl (C=O) groups is 3. The van der Waals surface area contributed by atoms with E-state index in [-0.39, 0.29) is 18.4 Å². The third-order valence-corrected chi connectivity index (χ3v) is 8.05. The first-order valence-electron chi connectivity index (χ1n) is 12.3. The lowest BCUT2D eigenvalue weighted by molar-refractivity contribution is -0.152. The summed E-state index contributed by atoms with van der Waals surface area (Å²) in [6.45, 7) is 0.396. The lowest BCUT2D eigenvalue weighted by atomic mass is 9.98. The van der Waals surface area contributed by atoms with Gasteiger partial charge >= 0.3 is 5.97 Å². The van der Waals surface area contributed by atoms with Crippen LogP contribution in [0.15, 0.2) is 64.7 Å². The first-order chi connectivity index (χ1) is 17.9. The molecule has 0 spiro atoms. The topological polar surface area (TPSA) is 112 Å². The molecule has 1 N–H and O–H groups in total. The highest BCUT2D eigenvalue weighted by molar-refractivity contribution is 8.15. The van der Waals surface area contributed by atoms with E-state index in [0.29, 0.717) is 24.6 Å². The van der Waals surface area contributed by atoms with E-state index >= 15 is 0 Å². The highest BCUT2D eigenvalue weighted by Crippen LogP contribution is 2.39. The summed E-state index contributed by atoms with van der Waals surface area (Å²) in [5.41, 5.74) is 2.86. The summed E-state index contributed by atoms with van der Waals surface area (Å²) >= 11 is 1.22. The lowest BCUT2D eigenvalue weighted by Gasteiger charge is -2.33. The zero-order valence-electron chi connectivity index (χ0n) is 20.4. The normalized spacial score (nSPS) is 23.6. The van der Waals surface area contributed by atoms with Gasteiger partial charge in [-0.15, -0.1) is 0 Å². The second kappa shape index (κ2) is 10.8. The standard InChI is InChI=1S/C27H28N4O5S/c1-36-19-12-10-17(11-13-19)20-15-22(18-7-3-2-4-8-18)31(29-20)27-28-25(33)23(37-27)16-24(32)30-14-6-5-9-21(30)26(34)35/h2-4,7-8,10-13,21-23H,5-6,9,14-16H2,1H3,(H,34,35)/t21-,22-,23-/m0/s1. The number of methoxy groups -OCH3 is 1. The van der Waals surface area contributed by atoms with Crippen molar-refractivity contribution in [3.63, 3.8) is 0 Å². The minimum atomic E-state index is -1.00. The van der Waals surface area contributed by atoms with Gasteiger partial charge in [-0.2, -0.15) is 10.1 Å². The minimum Gasteiger partial charge on any atom is -0.497 e. The van der Waals surface area contributed by atoms with Crippen LogP contribution in [0.5, 0.6) is 5.75 Å². The van der Waals surface area contributed by atoms with Gasteiger partial charge in [-0.05, 0) is 54.7 Å². The summed E-state index contributed by atoms with van der Waals surface area (Å²) in [4.78, 5) is 43.2. The molecule has 0 aliphatic carbocycles. The predicted octanol–water partition coefficient (Wildman–Crippen LogP) is 3.70. The molecule has 0 bridgehead atoms. The average Bonchev–Trinajstić information content (AvgIpc) is 3.53. The fourth-order valence-corrected chi connectivity index (χ4v) is 6.00. The van der Waals surface area contributed by atoms with Gasteiger partial charge in [0.2, 0.25) is 5.91 Å². The molecule has 2 amide bonds. The summed E-state index contributed by atoms with van der Waals surface area (Å²) in [7, 11) is 1.62. The summed E-state index contributed by atoms with van der Waals surface area (Å²) in [5, 5.41) is 15.9. The zero-order valence-corrected chi connectivity index (χ0v) is 21.3. The Morgan fingerprint density at radius 2 is 1.86 bits per heavy atom. The second-order valence-corrected chi connectivity index (χ2v) is 10.4. The minimum absolute atomic E-state index is 0.0842. The van der Waals surface area contributed by atoms with Gasteiger partial charge < -0.3 is 14.7 Å². The van der Waals surface area contributed by atoms with Gasteiger partial charge in [-0.1, -0.05) is 42.1 Å². The fourth-order valence-electron chi connectivity index (χ4n) is 4.95. The average molecular weight is 521 g/mol. The lowest BCUT2D eigenvalue weighted by Crippen LogP contribution is -2.48. The van der Waals surface area contributed by atoms with Crippen molar-refractivity contribution < 1.29 is 24.2 Å². The van der Waals surface area contributed by atoms with E-state index in [0.717, 1.165) is 35.4 Å². The summed E-state index contributed by atoms with van der Waals surface area (Å²) in [6, 6.07) is 16.6. The van der Waals surface area contributed by atoms with Crippen LogP contribution in [-0.2, 0) is 14.4 Å². The summed E-state index contributed by atoms with van der Waals surface area (Å²) in [5.74, 6) is -0.958. The molecule has 0 radical (unpaired) electrons. The number of aliphatic carboxylic acids is 1. The molecule has 1 fully saturated rings. The molecule has 0 unspecified atom stereocenters. The SMILES string of the molecule is COc1ccc(C2=NN(C3=NC(=O)[C@H](CC(=O)N4CCCC[C@H]4C(=O)O)S3)[C@H](c3ccccc3)C2)cc1. The monoisotopic (exact) mass is 520 g/mol. The van der Waals surface area contributed by atoms with Crippen LogP contribution in [-0.4, -0.2) is 68.6 Å². The van der Waals surface area contributed by atoms with Crippen molar-refractivity contribution in [3.8, 4) is 5.75 Å². The molecule has 192 valence electrons. The smallest absolute Gasteiger partial charge is 0.326 e. The van der Waals surface area contributed by atoms with Gasteiger partial charge in [0.05, 0.1) is 18.9 Å². The fraction of sp³-hybridized carbons (Fsp3) is 0.370. The Bertz CT molecular complexity index is 1250. The third kappa shape index (κ3) is 5.24.